The maximum Gasteiger partial charge on any atom is 0.251 e. The van der Waals surface area contributed by atoms with Gasteiger partial charge in [0.15, 0.2) is 5.82 Å². The first kappa shape index (κ1) is 18.9. The Morgan fingerprint density at radius 1 is 1.28 bits per heavy atom. The molecule has 148 valence electrons. The third kappa shape index (κ3) is 4.53. The molecule has 0 radical (unpaired) electrons. The molecule has 7 nitrogen and oxygen atoms in total. The number of hydrogen-bond donors (Lipinski definition) is 1. The van der Waals surface area contributed by atoms with Gasteiger partial charge < -0.3 is 9.88 Å². The van der Waals surface area contributed by atoms with Crippen LogP contribution in [0.2, 0.25) is 0 Å². The van der Waals surface area contributed by atoms with Crippen molar-refractivity contribution >= 4 is 5.91 Å². The molecule has 1 aliphatic rings. The van der Waals surface area contributed by atoms with Crippen molar-refractivity contribution in [3.05, 3.63) is 76.4 Å². The number of aromatic amines is 1. The van der Waals surface area contributed by atoms with E-state index in [1.807, 2.05) is 0 Å². The minimum atomic E-state index is -0.351. The summed E-state index contributed by atoms with van der Waals surface area (Å²) in [4.78, 5) is 42.1. The van der Waals surface area contributed by atoms with Gasteiger partial charge in [0.25, 0.3) is 5.56 Å². The summed E-state index contributed by atoms with van der Waals surface area (Å²) in [6.45, 7) is 1.12. The molecular weight excluding hydrogens is 373 g/mol. The highest BCUT2D eigenvalue weighted by Gasteiger charge is 2.26. The van der Waals surface area contributed by atoms with Crippen LogP contribution < -0.4 is 5.56 Å². The molecule has 3 aromatic rings. The van der Waals surface area contributed by atoms with Gasteiger partial charge in [-0.15, -0.1) is 0 Å². The molecule has 1 atom stereocenters. The number of likely N-dealkylation sites (tertiary alicyclic amines) is 1. The fourth-order valence-corrected chi connectivity index (χ4v) is 3.61. The van der Waals surface area contributed by atoms with Crippen molar-refractivity contribution in [3.63, 3.8) is 0 Å². The van der Waals surface area contributed by atoms with Crippen molar-refractivity contribution < 1.29 is 9.18 Å². The van der Waals surface area contributed by atoms with Gasteiger partial charge in [0, 0.05) is 37.5 Å². The zero-order chi connectivity index (χ0) is 20.2. The normalized spacial score (nSPS) is 16.6. The summed E-state index contributed by atoms with van der Waals surface area (Å²) in [7, 11) is 0. The number of amides is 1. The van der Waals surface area contributed by atoms with Crippen LogP contribution in [0.1, 0.15) is 30.0 Å². The van der Waals surface area contributed by atoms with Gasteiger partial charge in [0.1, 0.15) is 11.5 Å². The summed E-state index contributed by atoms with van der Waals surface area (Å²) in [5.74, 6) is -0.0860. The molecule has 1 fully saturated rings. The summed E-state index contributed by atoms with van der Waals surface area (Å²) < 4.78 is 13.4. The smallest absolute Gasteiger partial charge is 0.251 e. The van der Waals surface area contributed by atoms with E-state index in [0.29, 0.717) is 35.9 Å². The van der Waals surface area contributed by atoms with Crippen LogP contribution in [0.25, 0.3) is 11.5 Å². The Morgan fingerprint density at radius 3 is 2.97 bits per heavy atom. The molecule has 1 aliphatic heterocycles. The molecule has 29 heavy (non-hydrogen) atoms. The minimum Gasteiger partial charge on any atom is -0.342 e. The number of benzene rings is 1. The molecule has 1 N–H and O–H groups in total. The predicted molar refractivity (Wildman–Crippen MR) is 105 cm³/mol. The number of halogens is 1. The second kappa shape index (κ2) is 8.30. The number of nitrogens with zero attached hydrogens (tertiary/aromatic N) is 4. The third-order valence-corrected chi connectivity index (χ3v) is 5.00. The zero-order valence-electron chi connectivity index (χ0n) is 15.7. The lowest BCUT2D eigenvalue weighted by Gasteiger charge is -2.32. The molecule has 1 saturated heterocycles. The van der Waals surface area contributed by atoms with Crippen molar-refractivity contribution in [2.75, 3.05) is 13.1 Å². The first-order chi connectivity index (χ1) is 14.1. The van der Waals surface area contributed by atoms with Gasteiger partial charge in [-0.1, -0.05) is 12.1 Å². The van der Waals surface area contributed by atoms with Gasteiger partial charge >= 0.3 is 0 Å². The quantitative estimate of drug-likeness (QED) is 0.734. The zero-order valence-corrected chi connectivity index (χ0v) is 15.7. The van der Waals surface area contributed by atoms with Crippen molar-refractivity contribution in [2.45, 2.75) is 25.2 Å². The molecule has 8 heteroatoms. The number of carbonyl (C=O) groups is 1. The Morgan fingerprint density at radius 2 is 2.17 bits per heavy atom. The van der Waals surface area contributed by atoms with Crippen molar-refractivity contribution in [1.82, 2.24) is 24.8 Å². The Balaban J connectivity index is 1.52. The molecule has 0 saturated carbocycles. The molecule has 1 amide bonds. The summed E-state index contributed by atoms with van der Waals surface area (Å²) in [5, 5.41) is 0. The van der Waals surface area contributed by atoms with E-state index < -0.39 is 0 Å². The van der Waals surface area contributed by atoms with Crippen molar-refractivity contribution in [3.8, 4) is 11.5 Å². The fourth-order valence-electron chi connectivity index (χ4n) is 3.61. The van der Waals surface area contributed by atoms with Crippen LogP contribution >= 0.6 is 0 Å². The Kier molecular flexibility index (Phi) is 5.41. The maximum atomic E-state index is 13.4. The van der Waals surface area contributed by atoms with Gasteiger partial charge in [0.05, 0.1) is 18.3 Å². The monoisotopic (exact) mass is 393 g/mol. The lowest BCUT2D eigenvalue weighted by atomic mass is 9.94. The summed E-state index contributed by atoms with van der Waals surface area (Å²) in [5.41, 5.74) is 1.51. The second-order valence-corrected chi connectivity index (χ2v) is 7.10. The number of hydrogen-bond acceptors (Lipinski definition) is 5. The van der Waals surface area contributed by atoms with Crippen molar-refractivity contribution in [2.24, 2.45) is 0 Å². The highest BCUT2D eigenvalue weighted by molar-refractivity contribution is 5.79. The number of piperidine rings is 1. The molecule has 4 rings (SSSR count). The Hall–Kier alpha value is -3.42. The lowest BCUT2D eigenvalue weighted by Crippen LogP contribution is -2.40. The van der Waals surface area contributed by atoms with Crippen LogP contribution in [0.4, 0.5) is 4.39 Å². The first-order valence-corrected chi connectivity index (χ1v) is 9.48. The van der Waals surface area contributed by atoms with Gasteiger partial charge in [-0.3, -0.25) is 14.6 Å². The molecule has 0 aliphatic carbocycles. The van der Waals surface area contributed by atoms with Gasteiger partial charge in [-0.05, 0) is 30.5 Å². The van der Waals surface area contributed by atoms with Crippen molar-refractivity contribution in [1.29, 1.82) is 0 Å². The van der Waals surface area contributed by atoms with E-state index >= 15 is 0 Å². The average molecular weight is 393 g/mol. The molecule has 0 spiro atoms. The average Bonchev–Trinajstić information content (AvgIpc) is 2.74. The number of carbonyl (C=O) groups excluding carboxylic acids is 1. The van der Waals surface area contributed by atoms with Crippen LogP contribution in [0, 0.1) is 5.82 Å². The Bertz CT molecular complexity index is 1070. The van der Waals surface area contributed by atoms with Gasteiger partial charge in [-0.2, -0.15) is 0 Å². The maximum absolute atomic E-state index is 13.4. The highest BCUT2D eigenvalue weighted by atomic mass is 19.1. The number of aromatic nitrogens is 4. The first-order valence-electron chi connectivity index (χ1n) is 9.48. The lowest BCUT2D eigenvalue weighted by molar-refractivity contribution is -0.131. The number of rotatable bonds is 4. The van der Waals surface area contributed by atoms with Crippen LogP contribution in [0.15, 0.2) is 53.7 Å². The van der Waals surface area contributed by atoms with E-state index in [1.165, 1.54) is 30.6 Å². The van der Waals surface area contributed by atoms with Gasteiger partial charge in [0.2, 0.25) is 5.91 Å². The fraction of sp³-hybridized carbons (Fsp3) is 0.286. The minimum absolute atomic E-state index is 0.0436. The summed E-state index contributed by atoms with van der Waals surface area (Å²) >= 11 is 0. The van der Waals surface area contributed by atoms with E-state index in [4.69, 9.17) is 0 Å². The van der Waals surface area contributed by atoms with Gasteiger partial charge in [-0.25, -0.2) is 14.4 Å². The van der Waals surface area contributed by atoms with E-state index in [1.54, 1.807) is 23.2 Å². The van der Waals surface area contributed by atoms with E-state index in [0.717, 1.165) is 12.8 Å². The molecule has 1 unspecified atom stereocenters. The molecular formula is C21H20FN5O2. The topological polar surface area (TPSA) is 91.8 Å². The van der Waals surface area contributed by atoms with Crippen LogP contribution in [-0.4, -0.2) is 43.8 Å². The number of nitrogens with one attached hydrogen (secondary N) is 1. The SMILES string of the molecule is O=C(Cc1cccc(F)c1)N1CCCC(c2cc(=O)[nH]c(-c3cnccn3)n2)C1. The van der Waals surface area contributed by atoms with E-state index in [2.05, 4.69) is 19.9 Å². The highest BCUT2D eigenvalue weighted by Crippen LogP contribution is 2.26. The van der Waals surface area contributed by atoms with E-state index in [-0.39, 0.29) is 29.6 Å². The van der Waals surface area contributed by atoms with Crippen LogP contribution in [0.3, 0.4) is 0 Å². The van der Waals surface area contributed by atoms with Crippen LogP contribution in [0.5, 0.6) is 0 Å². The molecule has 3 heterocycles. The van der Waals surface area contributed by atoms with E-state index in [9.17, 15) is 14.0 Å². The summed E-state index contributed by atoms with van der Waals surface area (Å²) in [6.07, 6.45) is 6.43. The summed E-state index contributed by atoms with van der Waals surface area (Å²) in [6, 6.07) is 7.56. The second-order valence-electron chi connectivity index (χ2n) is 7.10. The third-order valence-electron chi connectivity index (χ3n) is 5.00. The predicted octanol–water partition coefficient (Wildman–Crippen LogP) is 2.31. The molecule has 0 bridgehead atoms. The number of H-pyrrole nitrogens is 1. The van der Waals surface area contributed by atoms with Crippen LogP contribution in [-0.2, 0) is 11.2 Å². The standard InChI is InChI=1S/C21H20FN5O2/c22-16-5-1-3-14(9-16)10-20(29)27-8-2-4-15(13-27)17-11-19(28)26-21(25-17)18-12-23-6-7-24-18/h1,3,5-7,9,11-12,15H,2,4,8,10,13H2,(H,25,26,28). The Labute approximate surface area is 166 Å². The molecule has 2 aromatic heterocycles. The molecule has 1 aromatic carbocycles. The largest absolute Gasteiger partial charge is 0.342 e.